The first-order valence-corrected chi connectivity index (χ1v) is 12.4. The van der Waals surface area contributed by atoms with Crippen LogP contribution in [0.4, 0.5) is 10.1 Å². The van der Waals surface area contributed by atoms with Crippen molar-refractivity contribution in [3.05, 3.63) is 101 Å². The standard InChI is InChI=1S/C29H31FN4O/c1-3-26-28(34-19-24(30)10-13-27(34)32-26)29(35)31-18-21-6-11-25(12-7-21)33-16-14-23(15-17-33)22-8-4-20(2)5-9-22/h4-13,19,23H,3,14-18H2,1-2H3,(H,31,35). The number of fused-ring (bicyclic) bond motifs is 1. The summed E-state index contributed by atoms with van der Waals surface area (Å²) in [7, 11) is 0. The summed E-state index contributed by atoms with van der Waals surface area (Å²) in [5.41, 5.74) is 6.63. The van der Waals surface area contributed by atoms with Crippen LogP contribution in [0.1, 0.15) is 58.6 Å². The molecule has 5 nitrogen and oxygen atoms in total. The molecule has 35 heavy (non-hydrogen) atoms. The van der Waals surface area contributed by atoms with Gasteiger partial charge in [0, 0.05) is 31.5 Å². The summed E-state index contributed by atoms with van der Waals surface area (Å²) in [6.45, 7) is 6.56. The molecule has 0 spiro atoms. The van der Waals surface area contributed by atoms with Gasteiger partial charge in [-0.3, -0.25) is 9.20 Å². The summed E-state index contributed by atoms with van der Waals surface area (Å²) in [4.78, 5) is 19.9. The number of nitrogens with zero attached hydrogens (tertiary/aromatic N) is 3. The molecular weight excluding hydrogens is 439 g/mol. The molecule has 1 fully saturated rings. The zero-order chi connectivity index (χ0) is 24.4. The molecule has 1 aliphatic rings. The third-order valence-electron chi connectivity index (χ3n) is 7.00. The molecule has 1 saturated heterocycles. The number of halogens is 1. The molecule has 4 aromatic rings. The van der Waals surface area contributed by atoms with Gasteiger partial charge in [-0.2, -0.15) is 0 Å². The van der Waals surface area contributed by atoms with Crippen molar-refractivity contribution in [2.45, 2.75) is 45.6 Å². The number of rotatable bonds is 6. The number of hydrogen-bond acceptors (Lipinski definition) is 3. The third-order valence-corrected chi connectivity index (χ3v) is 7.00. The minimum Gasteiger partial charge on any atom is -0.371 e. The Morgan fingerprint density at radius 3 is 2.43 bits per heavy atom. The van der Waals surface area contributed by atoms with Crippen molar-refractivity contribution in [1.29, 1.82) is 0 Å². The van der Waals surface area contributed by atoms with E-state index in [1.807, 2.05) is 6.92 Å². The van der Waals surface area contributed by atoms with Crippen molar-refractivity contribution in [1.82, 2.24) is 14.7 Å². The summed E-state index contributed by atoms with van der Waals surface area (Å²) < 4.78 is 15.3. The molecule has 6 heteroatoms. The Kier molecular flexibility index (Phi) is 6.53. The van der Waals surface area contributed by atoms with Gasteiger partial charge >= 0.3 is 0 Å². The van der Waals surface area contributed by atoms with E-state index in [1.165, 1.54) is 33.5 Å². The van der Waals surface area contributed by atoms with E-state index in [0.717, 1.165) is 31.5 Å². The van der Waals surface area contributed by atoms with Crippen LogP contribution in [-0.4, -0.2) is 28.4 Å². The Morgan fingerprint density at radius 1 is 1.03 bits per heavy atom. The van der Waals surface area contributed by atoms with Gasteiger partial charge in [-0.15, -0.1) is 0 Å². The Labute approximate surface area is 205 Å². The normalized spacial score (nSPS) is 14.4. The number of pyridine rings is 1. The highest BCUT2D eigenvalue weighted by atomic mass is 19.1. The molecule has 0 radical (unpaired) electrons. The van der Waals surface area contributed by atoms with Crippen LogP contribution >= 0.6 is 0 Å². The quantitative estimate of drug-likeness (QED) is 0.396. The maximum absolute atomic E-state index is 13.8. The molecule has 2 aromatic heterocycles. The van der Waals surface area contributed by atoms with E-state index in [-0.39, 0.29) is 5.91 Å². The summed E-state index contributed by atoms with van der Waals surface area (Å²) in [5, 5.41) is 2.98. The fraction of sp³-hybridized carbons (Fsp3) is 0.310. The van der Waals surface area contributed by atoms with Gasteiger partial charge in [0.2, 0.25) is 0 Å². The van der Waals surface area contributed by atoms with Crippen LogP contribution in [0.15, 0.2) is 66.9 Å². The number of benzene rings is 2. The van der Waals surface area contributed by atoms with Crippen molar-refractivity contribution < 1.29 is 9.18 Å². The van der Waals surface area contributed by atoms with Crippen LogP contribution in [0.3, 0.4) is 0 Å². The van der Waals surface area contributed by atoms with Crippen LogP contribution in [0.25, 0.3) is 5.65 Å². The predicted octanol–water partition coefficient (Wildman–Crippen LogP) is 5.66. The fourth-order valence-corrected chi connectivity index (χ4v) is 4.95. The lowest BCUT2D eigenvalue weighted by Crippen LogP contribution is -2.32. The molecule has 0 atom stereocenters. The minimum atomic E-state index is -0.398. The van der Waals surface area contributed by atoms with Gasteiger partial charge < -0.3 is 10.2 Å². The zero-order valence-corrected chi connectivity index (χ0v) is 20.3. The lowest BCUT2D eigenvalue weighted by atomic mass is 9.89. The average molecular weight is 471 g/mol. The van der Waals surface area contributed by atoms with Gasteiger partial charge in [0.15, 0.2) is 0 Å². The second kappa shape index (κ2) is 9.90. The third kappa shape index (κ3) is 4.92. The smallest absolute Gasteiger partial charge is 0.270 e. The molecule has 0 unspecified atom stereocenters. The summed E-state index contributed by atoms with van der Waals surface area (Å²) in [6.07, 6.45) is 4.22. The van der Waals surface area contributed by atoms with E-state index >= 15 is 0 Å². The number of piperidine rings is 1. The highest BCUT2D eigenvalue weighted by Gasteiger charge is 2.21. The highest BCUT2D eigenvalue weighted by Crippen LogP contribution is 2.30. The predicted molar refractivity (Wildman–Crippen MR) is 138 cm³/mol. The first-order chi connectivity index (χ1) is 17.0. The summed E-state index contributed by atoms with van der Waals surface area (Å²) in [5.74, 6) is -0.0188. The van der Waals surface area contributed by atoms with Crippen LogP contribution < -0.4 is 10.2 Å². The van der Waals surface area contributed by atoms with Crippen molar-refractivity contribution in [2.75, 3.05) is 18.0 Å². The second-order valence-electron chi connectivity index (χ2n) is 9.36. The number of hydrogen-bond donors (Lipinski definition) is 1. The monoisotopic (exact) mass is 470 g/mol. The SMILES string of the molecule is CCc1nc2ccc(F)cn2c1C(=O)NCc1ccc(N2CCC(c3ccc(C)cc3)CC2)cc1. The Balaban J connectivity index is 1.20. The molecule has 5 rings (SSSR count). The molecule has 0 saturated carbocycles. The Bertz CT molecular complexity index is 1320. The first-order valence-electron chi connectivity index (χ1n) is 12.4. The van der Waals surface area contributed by atoms with E-state index in [1.54, 1.807) is 6.07 Å². The fourth-order valence-electron chi connectivity index (χ4n) is 4.95. The zero-order valence-electron chi connectivity index (χ0n) is 20.3. The number of imidazole rings is 1. The van der Waals surface area contributed by atoms with E-state index in [0.29, 0.717) is 35.9 Å². The number of nitrogens with one attached hydrogen (secondary N) is 1. The molecule has 0 bridgehead atoms. The largest absolute Gasteiger partial charge is 0.371 e. The number of carbonyl (C=O) groups excluding carboxylic acids is 1. The molecule has 1 N–H and O–H groups in total. The van der Waals surface area contributed by atoms with Gasteiger partial charge in [0.1, 0.15) is 17.2 Å². The Hall–Kier alpha value is -3.67. The molecule has 2 aromatic carbocycles. The number of amides is 1. The van der Waals surface area contributed by atoms with E-state index in [4.69, 9.17) is 0 Å². The average Bonchev–Trinajstić information content (AvgIpc) is 3.26. The molecular formula is C29H31FN4O. The van der Waals surface area contributed by atoms with Gasteiger partial charge in [-0.1, -0.05) is 48.9 Å². The lowest BCUT2D eigenvalue weighted by Gasteiger charge is -2.34. The highest BCUT2D eigenvalue weighted by molar-refractivity contribution is 5.94. The van der Waals surface area contributed by atoms with E-state index in [2.05, 4.69) is 70.7 Å². The van der Waals surface area contributed by atoms with Crippen molar-refractivity contribution in [3.63, 3.8) is 0 Å². The molecule has 3 heterocycles. The van der Waals surface area contributed by atoms with Gasteiger partial charge in [-0.25, -0.2) is 9.37 Å². The number of aromatic nitrogens is 2. The van der Waals surface area contributed by atoms with E-state index < -0.39 is 5.82 Å². The van der Waals surface area contributed by atoms with Crippen LogP contribution in [0.2, 0.25) is 0 Å². The van der Waals surface area contributed by atoms with Crippen LogP contribution in [0, 0.1) is 12.7 Å². The molecule has 180 valence electrons. The molecule has 0 aliphatic carbocycles. The number of anilines is 1. The van der Waals surface area contributed by atoms with E-state index in [9.17, 15) is 9.18 Å². The first kappa shape index (κ1) is 23.1. The van der Waals surface area contributed by atoms with Crippen LogP contribution in [-0.2, 0) is 13.0 Å². The van der Waals surface area contributed by atoms with Crippen molar-refractivity contribution >= 4 is 17.2 Å². The van der Waals surface area contributed by atoms with Gasteiger partial charge in [0.05, 0.1) is 5.69 Å². The Morgan fingerprint density at radius 2 is 1.74 bits per heavy atom. The maximum atomic E-state index is 13.8. The summed E-state index contributed by atoms with van der Waals surface area (Å²) in [6, 6.07) is 20.3. The van der Waals surface area contributed by atoms with Crippen molar-refractivity contribution in [3.8, 4) is 0 Å². The summed E-state index contributed by atoms with van der Waals surface area (Å²) >= 11 is 0. The van der Waals surface area contributed by atoms with Crippen molar-refractivity contribution in [2.24, 2.45) is 0 Å². The lowest BCUT2D eigenvalue weighted by molar-refractivity contribution is 0.0944. The van der Waals surface area contributed by atoms with Crippen LogP contribution in [0.5, 0.6) is 0 Å². The number of aryl methyl sites for hydroxylation is 2. The topological polar surface area (TPSA) is 49.6 Å². The second-order valence-corrected chi connectivity index (χ2v) is 9.36. The van der Waals surface area contributed by atoms with Gasteiger partial charge in [0.25, 0.3) is 5.91 Å². The maximum Gasteiger partial charge on any atom is 0.270 e. The molecule has 1 amide bonds. The van der Waals surface area contributed by atoms with Gasteiger partial charge in [-0.05, 0) is 67.5 Å². The minimum absolute atomic E-state index is 0.248. The number of carbonyl (C=O) groups is 1. The molecule has 1 aliphatic heterocycles.